The van der Waals surface area contributed by atoms with Crippen molar-refractivity contribution in [2.75, 3.05) is 23.0 Å². The smallest absolute Gasteiger partial charge is 0.392 e. The summed E-state index contributed by atoms with van der Waals surface area (Å²) in [6.07, 6.45) is 0.183. The fourth-order valence-electron chi connectivity index (χ4n) is 2.90. The van der Waals surface area contributed by atoms with Crippen molar-refractivity contribution in [3.05, 3.63) is 109 Å². The van der Waals surface area contributed by atoms with Gasteiger partial charge < -0.3 is 21.3 Å². The lowest BCUT2D eigenvalue weighted by atomic mass is 10.1. The zero-order valence-electron chi connectivity index (χ0n) is 22.1. The van der Waals surface area contributed by atoms with Crippen molar-refractivity contribution in [2.45, 2.75) is 13.1 Å². The predicted octanol–water partition coefficient (Wildman–Crippen LogP) is 8.09. The Kier molecular flexibility index (Phi) is 11.6. The van der Waals surface area contributed by atoms with Crippen LogP contribution < -0.4 is 21.3 Å². The fourth-order valence-corrected chi connectivity index (χ4v) is 3.00. The lowest BCUT2D eigenvalue weighted by molar-refractivity contribution is -0.0909. The molecule has 1 aromatic heterocycles. The molecule has 3 rings (SSSR count). The van der Waals surface area contributed by atoms with Crippen molar-refractivity contribution in [2.24, 2.45) is 0 Å². The summed E-state index contributed by atoms with van der Waals surface area (Å²) in [5, 5.41) is 18.9. The number of hydrogen-bond donors (Lipinski definition) is 5. The van der Waals surface area contributed by atoms with E-state index in [0.717, 1.165) is 6.92 Å². The zero-order chi connectivity index (χ0) is 30.7. The molecule has 41 heavy (non-hydrogen) atoms. The molecule has 1 heterocycles. The summed E-state index contributed by atoms with van der Waals surface area (Å²) in [4.78, 5) is 8.60. The van der Waals surface area contributed by atoms with Gasteiger partial charge in [0.05, 0.1) is 11.4 Å². The quantitative estimate of drug-likeness (QED) is 0.0707. The van der Waals surface area contributed by atoms with Gasteiger partial charge >= 0.3 is 6.18 Å². The number of alkyl halides is 3. The minimum absolute atomic E-state index is 0.0595. The number of hydrogen-bond acceptors (Lipinski definition) is 7. The largest absolute Gasteiger partial charge is 0.411 e. The maximum absolute atomic E-state index is 14.7. The molecule has 0 spiro atoms. The van der Waals surface area contributed by atoms with Gasteiger partial charge in [0.1, 0.15) is 22.6 Å². The molecule has 0 aliphatic carbocycles. The SMILES string of the molecule is C=C(C)C(F)(F)F.C=CC(=C)Nc1ccc(F)c(Nc2nc(N/C(=C/NC)C(=N)Cl)ncc2-c2ccccc2F)c1. The topological polar surface area (TPSA) is 97.8 Å². The number of benzene rings is 2. The highest BCUT2D eigenvalue weighted by molar-refractivity contribution is 6.68. The Bertz CT molecular complexity index is 1470. The van der Waals surface area contributed by atoms with Gasteiger partial charge in [-0.2, -0.15) is 18.2 Å². The van der Waals surface area contributed by atoms with E-state index in [9.17, 15) is 22.0 Å². The molecule has 5 N–H and O–H groups in total. The molecule has 0 bridgehead atoms. The third-order valence-corrected chi connectivity index (χ3v) is 5.18. The predicted molar refractivity (Wildman–Crippen MR) is 155 cm³/mol. The van der Waals surface area contributed by atoms with E-state index in [0.29, 0.717) is 16.9 Å². The summed E-state index contributed by atoms with van der Waals surface area (Å²) in [6, 6.07) is 10.4. The van der Waals surface area contributed by atoms with Gasteiger partial charge in [-0.3, -0.25) is 5.41 Å². The molecule has 7 nitrogen and oxygen atoms in total. The molecule has 0 fully saturated rings. The first-order chi connectivity index (χ1) is 19.3. The van der Waals surface area contributed by atoms with E-state index in [4.69, 9.17) is 17.0 Å². The monoisotopic (exact) mass is 591 g/mol. The van der Waals surface area contributed by atoms with E-state index < -0.39 is 23.4 Å². The lowest BCUT2D eigenvalue weighted by Crippen LogP contribution is -2.13. The Morgan fingerprint density at radius 3 is 2.24 bits per heavy atom. The van der Waals surface area contributed by atoms with Gasteiger partial charge in [0.25, 0.3) is 0 Å². The first-order valence-corrected chi connectivity index (χ1v) is 12.0. The van der Waals surface area contributed by atoms with Crippen LogP contribution in [0, 0.1) is 17.0 Å². The van der Waals surface area contributed by atoms with Crippen LogP contribution in [0.4, 0.5) is 45.1 Å². The van der Waals surface area contributed by atoms with Gasteiger partial charge in [0, 0.05) is 47.5 Å². The number of nitrogens with one attached hydrogen (secondary N) is 5. The second-order valence-corrected chi connectivity index (χ2v) is 8.55. The Morgan fingerprint density at radius 1 is 1.02 bits per heavy atom. The second-order valence-electron chi connectivity index (χ2n) is 8.17. The molecule has 0 amide bonds. The standard InChI is InChI=1S/C24H22ClF2N7.C4H5F3/c1-4-14(2)31-15-9-10-19(27)20(11-15)32-23-17(16-7-5-6-8-18(16)26)12-30-24(34-23)33-21(13-29-3)22(25)28;1-3(2)4(5,6)7/h4-13,28-29,31H,1-2H2,3H3,(H2,30,32,33,34);1H2,2H3/b21-13+,28-22?;. The minimum atomic E-state index is -4.19. The molecular formula is C28H27ClF5N7. The van der Waals surface area contributed by atoms with Crippen LogP contribution in [0.5, 0.6) is 0 Å². The minimum Gasteiger partial charge on any atom is -0.392 e. The van der Waals surface area contributed by atoms with Gasteiger partial charge in [-0.05, 0) is 37.3 Å². The number of nitrogens with zero attached hydrogens (tertiary/aromatic N) is 2. The molecule has 2 aromatic carbocycles. The van der Waals surface area contributed by atoms with Crippen molar-refractivity contribution < 1.29 is 22.0 Å². The van der Waals surface area contributed by atoms with Crippen LogP contribution in [-0.2, 0) is 0 Å². The van der Waals surface area contributed by atoms with E-state index in [1.54, 1.807) is 31.3 Å². The average molecular weight is 592 g/mol. The summed E-state index contributed by atoms with van der Waals surface area (Å²) < 4.78 is 62.5. The maximum atomic E-state index is 14.7. The van der Waals surface area contributed by atoms with Crippen LogP contribution in [0.2, 0.25) is 0 Å². The molecule has 0 aliphatic rings. The normalized spacial score (nSPS) is 11.0. The molecule has 216 valence electrons. The lowest BCUT2D eigenvalue weighted by Gasteiger charge is -2.16. The third kappa shape index (κ3) is 9.76. The Labute approximate surface area is 239 Å². The maximum Gasteiger partial charge on any atom is 0.411 e. The van der Waals surface area contributed by atoms with Crippen molar-refractivity contribution >= 4 is 39.9 Å². The number of allylic oxidation sites excluding steroid dienone is 3. The van der Waals surface area contributed by atoms with Crippen molar-refractivity contribution in [1.82, 2.24) is 15.3 Å². The molecule has 0 saturated heterocycles. The van der Waals surface area contributed by atoms with Crippen molar-refractivity contribution in [3.8, 4) is 11.1 Å². The van der Waals surface area contributed by atoms with Crippen molar-refractivity contribution in [1.29, 1.82) is 5.41 Å². The highest BCUT2D eigenvalue weighted by atomic mass is 35.5. The molecule has 0 saturated carbocycles. The van der Waals surface area contributed by atoms with E-state index >= 15 is 0 Å². The van der Waals surface area contributed by atoms with Crippen LogP contribution in [-0.4, -0.2) is 28.4 Å². The van der Waals surface area contributed by atoms with E-state index in [1.807, 2.05) is 0 Å². The van der Waals surface area contributed by atoms with Crippen LogP contribution in [0.25, 0.3) is 11.1 Å². The first-order valence-electron chi connectivity index (χ1n) is 11.6. The van der Waals surface area contributed by atoms with Gasteiger partial charge in [-0.15, -0.1) is 0 Å². The molecule has 0 aliphatic heterocycles. The summed E-state index contributed by atoms with van der Waals surface area (Å²) in [5.41, 5.74) is 1.15. The molecule has 3 aromatic rings. The second kappa shape index (κ2) is 14.6. The van der Waals surface area contributed by atoms with E-state index in [1.165, 1.54) is 36.7 Å². The van der Waals surface area contributed by atoms with Crippen LogP contribution in [0.15, 0.2) is 97.6 Å². The summed E-state index contributed by atoms with van der Waals surface area (Å²) in [5.74, 6) is -0.859. The molecule has 0 radical (unpaired) electrons. The van der Waals surface area contributed by atoms with E-state index in [-0.39, 0.29) is 33.9 Å². The van der Waals surface area contributed by atoms with Crippen molar-refractivity contribution in [3.63, 3.8) is 0 Å². The van der Waals surface area contributed by atoms with Crippen LogP contribution in [0.1, 0.15) is 6.92 Å². The number of rotatable bonds is 10. The highest BCUT2D eigenvalue weighted by Crippen LogP contribution is 2.33. The fraction of sp³-hybridized carbons (Fsp3) is 0.107. The molecule has 0 unspecified atom stereocenters. The summed E-state index contributed by atoms with van der Waals surface area (Å²) in [6.45, 7) is 11.0. The first kappa shape index (κ1) is 32.5. The Balaban J connectivity index is 0.000000745. The van der Waals surface area contributed by atoms with Gasteiger partial charge in [0.15, 0.2) is 0 Å². The van der Waals surface area contributed by atoms with E-state index in [2.05, 4.69) is 51.0 Å². The van der Waals surface area contributed by atoms with Crippen LogP contribution >= 0.6 is 11.6 Å². The van der Waals surface area contributed by atoms with Gasteiger partial charge in [0.2, 0.25) is 5.95 Å². The number of halogens is 6. The zero-order valence-corrected chi connectivity index (χ0v) is 22.8. The number of anilines is 4. The van der Waals surface area contributed by atoms with Gasteiger partial charge in [-0.1, -0.05) is 49.5 Å². The Morgan fingerprint density at radius 2 is 1.68 bits per heavy atom. The molecular weight excluding hydrogens is 565 g/mol. The average Bonchev–Trinajstić information content (AvgIpc) is 2.90. The van der Waals surface area contributed by atoms with Gasteiger partial charge in [-0.25, -0.2) is 13.8 Å². The molecule has 0 atom stereocenters. The molecule has 13 heteroatoms. The summed E-state index contributed by atoms with van der Waals surface area (Å²) >= 11 is 5.80. The van der Waals surface area contributed by atoms with Crippen LogP contribution in [0.3, 0.4) is 0 Å². The third-order valence-electron chi connectivity index (χ3n) is 4.98. The Hall–Kier alpha value is -4.71. The highest BCUT2D eigenvalue weighted by Gasteiger charge is 2.27. The summed E-state index contributed by atoms with van der Waals surface area (Å²) in [7, 11) is 1.64. The number of aromatic nitrogens is 2.